The summed E-state index contributed by atoms with van der Waals surface area (Å²) in [4.78, 5) is 5.11. The van der Waals surface area contributed by atoms with E-state index >= 15 is 0 Å². The highest BCUT2D eigenvalue weighted by atomic mass is 32.1. The first-order valence-corrected chi connectivity index (χ1v) is 24.1. The maximum absolute atomic E-state index is 6.65. The van der Waals surface area contributed by atoms with Gasteiger partial charge in [-0.3, -0.25) is 0 Å². The highest BCUT2D eigenvalue weighted by molar-refractivity contribution is 7.26. The van der Waals surface area contributed by atoms with E-state index in [0.717, 1.165) is 52.0 Å². The number of benzene rings is 7. The molecule has 0 saturated carbocycles. The van der Waals surface area contributed by atoms with Crippen molar-refractivity contribution in [2.45, 2.75) is 104 Å². The van der Waals surface area contributed by atoms with Crippen molar-refractivity contribution in [3.05, 3.63) is 144 Å². The van der Waals surface area contributed by atoms with Crippen molar-refractivity contribution in [2.75, 3.05) is 5.32 Å². The van der Waals surface area contributed by atoms with Crippen LogP contribution in [0, 0.1) is 0 Å². The zero-order valence-electron chi connectivity index (χ0n) is 39.2. The number of hydrogen-bond donors (Lipinski definition) is 1. The molecule has 321 valence electrons. The van der Waals surface area contributed by atoms with Gasteiger partial charge in [0.05, 0.1) is 5.52 Å². The average molecular weight is 865 g/mol. The first-order chi connectivity index (χ1) is 30.9. The lowest BCUT2D eigenvalue weighted by atomic mass is 9.58. The van der Waals surface area contributed by atoms with Gasteiger partial charge in [-0.05, 0) is 128 Å². The Morgan fingerprint density at radius 2 is 1.37 bits per heavy atom. The van der Waals surface area contributed by atoms with Gasteiger partial charge in [0, 0.05) is 70.7 Å². The molecule has 0 unspecified atom stereocenters. The summed E-state index contributed by atoms with van der Waals surface area (Å²) in [5.41, 5.74) is 18.9. The molecule has 0 spiro atoms. The van der Waals surface area contributed by atoms with Crippen molar-refractivity contribution in [2.24, 2.45) is 0 Å². The van der Waals surface area contributed by atoms with E-state index in [1.165, 1.54) is 80.8 Å². The van der Waals surface area contributed by atoms with Crippen LogP contribution in [0.25, 0.3) is 81.3 Å². The van der Waals surface area contributed by atoms with Crippen molar-refractivity contribution in [1.29, 1.82) is 0 Å². The Hall–Kier alpha value is -6.11. The molecule has 3 aromatic heterocycles. The number of fused-ring (bicyclic) bond motifs is 11. The van der Waals surface area contributed by atoms with Crippen LogP contribution in [0.5, 0.6) is 0 Å². The fourth-order valence-corrected chi connectivity index (χ4v) is 12.2. The lowest BCUT2D eigenvalue weighted by Crippen LogP contribution is -2.37. The van der Waals surface area contributed by atoms with Crippen LogP contribution in [-0.2, 0) is 21.7 Å². The van der Waals surface area contributed by atoms with Gasteiger partial charge in [0.25, 0.3) is 0 Å². The topological polar surface area (TPSA) is 43.0 Å². The number of rotatable bonds is 4. The van der Waals surface area contributed by atoms with E-state index in [1.807, 2.05) is 29.5 Å². The van der Waals surface area contributed by atoms with E-state index in [0.29, 0.717) is 5.89 Å². The first kappa shape index (κ1) is 40.4. The second-order valence-corrected chi connectivity index (χ2v) is 23.3. The van der Waals surface area contributed by atoms with Crippen LogP contribution in [0.3, 0.4) is 0 Å². The van der Waals surface area contributed by atoms with Crippen LogP contribution < -0.4 is 16.2 Å². The molecule has 0 fully saturated rings. The zero-order valence-corrected chi connectivity index (χ0v) is 40.1. The number of nitrogens with one attached hydrogen (secondary N) is 1. The van der Waals surface area contributed by atoms with Gasteiger partial charge < -0.3 is 14.3 Å². The van der Waals surface area contributed by atoms with Gasteiger partial charge in [-0.15, -0.1) is 11.3 Å². The number of aromatic nitrogens is 2. The molecule has 6 heteroatoms. The molecule has 0 saturated heterocycles. The molecule has 1 N–H and O–H groups in total. The largest absolute Gasteiger partial charge is 0.436 e. The smallest absolute Gasteiger partial charge is 0.227 e. The Bertz CT molecular complexity index is 3610. The highest BCUT2D eigenvalue weighted by Crippen LogP contribution is 2.53. The van der Waals surface area contributed by atoms with Gasteiger partial charge in [0.15, 0.2) is 12.9 Å². The molecule has 1 aliphatic carbocycles. The van der Waals surface area contributed by atoms with Gasteiger partial charge >= 0.3 is 0 Å². The Morgan fingerprint density at radius 1 is 0.692 bits per heavy atom. The second kappa shape index (κ2) is 13.7. The van der Waals surface area contributed by atoms with E-state index in [4.69, 9.17) is 9.40 Å². The summed E-state index contributed by atoms with van der Waals surface area (Å²) in [7, 11) is 2.46. The SMILES string of the molecule is CC(C)(C)c1ccc(Nc2ccc(C(C)(C)C)cc2-c2c3c4c(c5cc6c(cc5n4-c4cc5oc(-c7ccccc7)nc5cc4[B]3)C(C)(C)CCC6(C)C)c3c2sc2ccccc23)cc1. The summed E-state index contributed by atoms with van der Waals surface area (Å²) in [6, 6.07) is 45.1. The van der Waals surface area contributed by atoms with E-state index in [1.54, 1.807) is 0 Å². The fraction of sp³-hybridized carbons (Fsp3) is 0.271. The van der Waals surface area contributed by atoms with Crippen molar-refractivity contribution >= 4 is 94.0 Å². The summed E-state index contributed by atoms with van der Waals surface area (Å²) < 4.78 is 11.9. The molecule has 4 nitrogen and oxygen atoms in total. The van der Waals surface area contributed by atoms with Crippen molar-refractivity contribution in [1.82, 2.24) is 9.55 Å². The molecule has 1 aliphatic heterocycles. The number of hydrogen-bond acceptors (Lipinski definition) is 4. The van der Waals surface area contributed by atoms with Crippen LogP contribution in [0.15, 0.2) is 126 Å². The minimum Gasteiger partial charge on any atom is -0.436 e. The molecule has 12 rings (SSSR count). The van der Waals surface area contributed by atoms with E-state index in [-0.39, 0.29) is 21.7 Å². The molecular weight excluding hydrogens is 810 g/mol. The van der Waals surface area contributed by atoms with Crippen LogP contribution in [0.1, 0.15) is 104 Å². The summed E-state index contributed by atoms with van der Waals surface area (Å²) in [5, 5.41) is 9.25. The van der Waals surface area contributed by atoms with Gasteiger partial charge in [0.2, 0.25) is 5.89 Å². The Kier molecular flexibility index (Phi) is 8.53. The summed E-state index contributed by atoms with van der Waals surface area (Å²) in [5.74, 6) is 0.638. The van der Waals surface area contributed by atoms with Gasteiger partial charge in [-0.25, -0.2) is 4.98 Å². The molecule has 0 atom stereocenters. The quantitative estimate of drug-likeness (QED) is 0.179. The van der Waals surface area contributed by atoms with E-state index in [2.05, 4.69) is 190 Å². The first-order valence-electron chi connectivity index (χ1n) is 23.3. The summed E-state index contributed by atoms with van der Waals surface area (Å²) in [6.07, 6.45) is 2.31. The molecule has 0 amide bonds. The monoisotopic (exact) mass is 864 g/mol. The zero-order chi connectivity index (χ0) is 44.9. The minimum absolute atomic E-state index is 0.0380. The lowest BCUT2D eigenvalue weighted by Gasteiger charge is -2.42. The molecule has 4 heterocycles. The summed E-state index contributed by atoms with van der Waals surface area (Å²) >= 11 is 1.93. The Morgan fingerprint density at radius 3 is 2.09 bits per heavy atom. The van der Waals surface area contributed by atoms with Gasteiger partial charge in [-0.1, -0.05) is 129 Å². The van der Waals surface area contributed by atoms with Crippen molar-refractivity contribution in [3.8, 4) is 28.3 Å². The maximum Gasteiger partial charge on any atom is 0.227 e. The average Bonchev–Trinajstić information content (AvgIpc) is 3.96. The molecule has 65 heavy (non-hydrogen) atoms. The Labute approximate surface area is 387 Å². The second-order valence-electron chi connectivity index (χ2n) is 22.2. The predicted octanol–water partition coefficient (Wildman–Crippen LogP) is 15.3. The highest BCUT2D eigenvalue weighted by Gasteiger charge is 2.39. The third-order valence-electron chi connectivity index (χ3n) is 14.8. The lowest BCUT2D eigenvalue weighted by molar-refractivity contribution is 0.332. The summed E-state index contributed by atoms with van der Waals surface area (Å²) in [6.45, 7) is 23.6. The van der Waals surface area contributed by atoms with Crippen LogP contribution >= 0.6 is 11.3 Å². The molecule has 7 aromatic carbocycles. The maximum atomic E-state index is 6.65. The van der Waals surface area contributed by atoms with Gasteiger partial charge in [-0.2, -0.15) is 0 Å². The van der Waals surface area contributed by atoms with E-state index < -0.39 is 0 Å². The number of anilines is 2. The van der Waals surface area contributed by atoms with Crippen molar-refractivity contribution < 1.29 is 4.42 Å². The van der Waals surface area contributed by atoms with Crippen LogP contribution in [-0.4, -0.2) is 16.8 Å². The van der Waals surface area contributed by atoms with Gasteiger partial charge in [0.1, 0.15) is 5.52 Å². The fourth-order valence-electron chi connectivity index (χ4n) is 10.9. The normalized spacial score (nSPS) is 15.5. The molecule has 10 aromatic rings. The van der Waals surface area contributed by atoms with Crippen molar-refractivity contribution in [3.63, 3.8) is 0 Å². The molecule has 2 aliphatic rings. The molecule has 0 bridgehead atoms. The van der Waals surface area contributed by atoms with Crippen LogP contribution in [0.2, 0.25) is 0 Å². The Balaban J connectivity index is 1.23. The third-order valence-corrected chi connectivity index (χ3v) is 16.0. The standard InChI is InChI=1S/C59H55BN3OS/c1-56(2,3)34-20-23-36(24-21-34)61-43-25-22-35(57(4,5)6)28-38(43)51-52-53-49(50-37-18-14-15-19-48(37)65-54(50)51)39-29-40-41(59(9,10)27-26-58(40,7)8)30-45(39)63(53)46-32-47-44(31-42(46)60-52)62-55(64-47)33-16-12-11-13-17-33/h11-25,28-32,61H,26-27H2,1-10H3. The third kappa shape index (κ3) is 6.19. The number of thiophene rings is 1. The van der Waals surface area contributed by atoms with Crippen LogP contribution in [0.4, 0.5) is 11.4 Å². The minimum atomic E-state index is -0.0683. The predicted molar refractivity (Wildman–Crippen MR) is 280 cm³/mol. The number of nitrogens with zero attached hydrogens (tertiary/aromatic N) is 2. The number of oxazole rings is 1. The molecular formula is C59H55BN3OS. The van der Waals surface area contributed by atoms with E-state index in [9.17, 15) is 0 Å². The molecule has 1 radical (unpaired) electrons.